The zero-order valence-corrected chi connectivity index (χ0v) is 12.7. The molecular weight excluding hydrogens is 264 g/mol. The summed E-state index contributed by atoms with van der Waals surface area (Å²) in [5, 5.41) is 6.57. The molecule has 2 aliphatic rings. The van der Waals surface area contributed by atoms with Gasteiger partial charge in [-0.2, -0.15) is 0 Å². The van der Waals surface area contributed by atoms with E-state index in [-0.39, 0.29) is 11.9 Å². The molecule has 3 rings (SSSR count). The van der Waals surface area contributed by atoms with Crippen LogP contribution in [-0.2, 0) is 11.2 Å². The van der Waals surface area contributed by atoms with Gasteiger partial charge in [0.2, 0.25) is 0 Å². The molecule has 0 aromatic heterocycles. The number of fused-ring (bicyclic) bond motifs is 1. The van der Waals surface area contributed by atoms with Crippen molar-refractivity contribution >= 4 is 11.6 Å². The van der Waals surface area contributed by atoms with Crippen molar-refractivity contribution in [3.8, 4) is 0 Å². The van der Waals surface area contributed by atoms with Crippen molar-refractivity contribution in [1.29, 1.82) is 0 Å². The first-order chi connectivity index (χ1) is 10.3. The molecular formula is C17H24N2O2. The van der Waals surface area contributed by atoms with Gasteiger partial charge in [-0.25, -0.2) is 0 Å². The second-order valence-corrected chi connectivity index (χ2v) is 6.08. The fourth-order valence-corrected chi connectivity index (χ4v) is 3.32. The quantitative estimate of drug-likeness (QED) is 0.899. The van der Waals surface area contributed by atoms with Crippen LogP contribution in [0.4, 0.5) is 5.69 Å². The normalized spacial score (nSPS) is 20.2. The number of para-hydroxylation sites is 1. The highest BCUT2D eigenvalue weighted by Gasteiger charge is 2.24. The largest absolute Gasteiger partial charge is 0.384 e. The molecule has 2 aliphatic heterocycles. The summed E-state index contributed by atoms with van der Waals surface area (Å²) in [6.07, 6.45) is 4.26. The summed E-state index contributed by atoms with van der Waals surface area (Å²) in [7, 11) is 0. The Balaban J connectivity index is 1.70. The summed E-state index contributed by atoms with van der Waals surface area (Å²) >= 11 is 0. The van der Waals surface area contributed by atoms with E-state index in [1.807, 2.05) is 12.1 Å². The van der Waals surface area contributed by atoms with Gasteiger partial charge in [0.15, 0.2) is 0 Å². The Hall–Kier alpha value is -1.55. The molecule has 1 amide bonds. The number of nitrogens with one attached hydrogen (secondary N) is 2. The second-order valence-electron chi connectivity index (χ2n) is 6.08. The minimum absolute atomic E-state index is 0.0419. The van der Waals surface area contributed by atoms with Crippen LogP contribution in [0.3, 0.4) is 0 Å². The second kappa shape index (κ2) is 6.48. The molecule has 0 saturated carbocycles. The van der Waals surface area contributed by atoms with Crippen molar-refractivity contribution in [3.05, 3.63) is 29.3 Å². The van der Waals surface area contributed by atoms with E-state index < -0.39 is 0 Å². The van der Waals surface area contributed by atoms with Crippen LogP contribution in [0.1, 0.15) is 42.1 Å². The lowest BCUT2D eigenvalue weighted by Crippen LogP contribution is -2.40. The third-order valence-corrected chi connectivity index (χ3v) is 4.65. The van der Waals surface area contributed by atoms with Crippen LogP contribution in [-0.4, -0.2) is 31.7 Å². The summed E-state index contributed by atoms with van der Waals surface area (Å²) in [5.41, 5.74) is 3.07. The Bertz CT molecular complexity index is 510. The van der Waals surface area contributed by atoms with Crippen molar-refractivity contribution in [3.63, 3.8) is 0 Å². The van der Waals surface area contributed by atoms with Gasteiger partial charge in [-0.3, -0.25) is 4.79 Å². The van der Waals surface area contributed by atoms with Gasteiger partial charge in [-0.15, -0.1) is 0 Å². The zero-order valence-electron chi connectivity index (χ0n) is 12.7. The molecule has 0 spiro atoms. The number of anilines is 1. The third kappa shape index (κ3) is 3.21. The Morgan fingerprint density at radius 2 is 2.19 bits per heavy atom. The topological polar surface area (TPSA) is 50.4 Å². The smallest absolute Gasteiger partial charge is 0.253 e. The number of carbonyl (C=O) groups is 1. The first kappa shape index (κ1) is 14.4. The molecule has 2 heterocycles. The Morgan fingerprint density at radius 3 is 3.00 bits per heavy atom. The number of hydrogen-bond acceptors (Lipinski definition) is 3. The molecule has 1 saturated heterocycles. The van der Waals surface area contributed by atoms with Crippen LogP contribution >= 0.6 is 0 Å². The maximum Gasteiger partial charge on any atom is 0.253 e. The molecule has 0 bridgehead atoms. The molecule has 0 radical (unpaired) electrons. The third-order valence-electron chi connectivity index (χ3n) is 4.65. The number of amides is 1. The number of rotatable bonds is 3. The molecule has 1 aromatic rings. The fraction of sp³-hybridized carbons (Fsp3) is 0.588. The molecule has 114 valence electrons. The van der Waals surface area contributed by atoms with Gasteiger partial charge in [0, 0.05) is 25.8 Å². The minimum Gasteiger partial charge on any atom is -0.384 e. The van der Waals surface area contributed by atoms with Gasteiger partial charge in [0.25, 0.3) is 5.91 Å². The van der Waals surface area contributed by atoms with E-state index >= 15 is 0 Å². The SMILES string of the molecule is CC(NC(=O)c1cccc2c1NCCC2)C1CCOCC1. The van der Waals surface area contributed by atoms with Crippen LogP contribution in [0.15, 0.2) is 18.2 Å². The summed E-state index contributed by atoms with van der Waals surface area (Å²) in [6, 6.07) is 6.21. The molecule has 21 heavy (non-hydrogen) atoms. The van der Waals surface area contributed by atoms with Crippen LogP contribution in [0.5, 0.6) is 0 Å². The van der Waals surface area contributed by atoms with Gasteiger partial charge in [0.1, 0.15) is 0 Å². The van der Waals surface area contributed by atoms with Crippen molar-refractivity contribution in [2.45, 2.75) is 38.6 Å². The first-order valence-corrected chi connectivity index (χ1v) is 8.00. The Morgan fingerprint density at radius 1 is 1.38 bits per heavy atom. The molecule has 4 heteroatoms. The Kier molecular flexibility index (Phi) is 4.44. The van der Waals surface area contributed by atoms with Crippen LogP contribution in [0.25, 0.3) is 0 Å². The van der Waals surface area contributed by atoms with Crippen LogP contribution in [0.2, 0.25) is 0 Å². The monoisotopic (exact) mass is 288 g/mol. The summed E-state index contributed by atoms with van der Waals surface area (Å²) < 4.78 is 5.39. The first-order valence-electron chi connectivity index (χ1n) is 8.00. The molecule has 0 aliphatic carbocycles. The van der Waals surface area contributed by atoms with E-state index in [1.165, 1.54) is 5.56 Å². The maximum atomic E-state index is 12.6. The van der Waals surface area contributed by atoms with E-state index in [0.29, 0.717) is 5.92 Å². The number of ether oxygens (including phenoxy) is 1. The minimum atomic E-state index is 0.0419. The highest BCUT2D eigenvalue weighted by molar-refractivity contribution is 6.00. The van der Waals surface area contributed by atoms with Crippen LogP contribution in [0, 0.1) is 5.92 Å². The fourth-order valence-electron chi connectivity index (χ4n) is 3.32. The number of aryl methyl sites for hydroxylation is 1. The van der Waals surface area contributed by atoms with Crippen molar-refractivity contribution in [1.82, 2.24) is 5.32 Å². The lowest BCUT2D eigenvalue weighted by Gasteiger charge is -2.29. The van der Waals surface area contributed by atoms with Gasteiger partial charge < -0.3 is 15.4 Å². The van der Waals surface area contributed by atoms with E-state index in [4.69, 9.17) is 4.74 Å². The summed E-state index contributed by atoms with van der Waals surface area (Å²) in [4.78, 5) is 12.6. The average Bonchev–Trinajstić information content (AvgIpc) is 2.55. The van der Waals surface area contributed by atoms with Gasteiger partial charge >= 0.3 is 0 Å². The van der Waals surface area contributed by atoms with Gasteiger partial charge in [-0.1, -0.05) is 12.1 Å². The standard InChI is InChI=1S/C17H24N2O2/c1-12(13-7-10-21-11-8-13)19-17(20)15-6-2-4-14-5-3-9-18-16(14)15/h2,4,6,12-13,18H,3,5,7-11H2,1H3,(H,19,20). The Labute approximate surface area is 126 Å². The predicted molar refractivity (Wildman–Crippen MR) is 83.7 cm³/mol. The van der Waals surface area contributed by atoms with Crippen molar-refractivity contribution in [2.75, 3.05) is 25.1 Å². The molecule has 2 N–H and O–H groups in total. The number of hydrogen-bond donors (Lipinski definition) is 2. The maximum absolute atomic E-state index is 12.6. The molecule has 1 atom stereocenters. The average molecular weight is 288 g/mol. The summed E-state index contributed by atoms with van der Waals surface area (Å²) in [5.74, 6) is 0.565. The molecule has 1 fully saturated rings. The van der Waals surface area contributed by atoms with E-state index in [9.17, 15) is 4.79 Å². The zero-order chi connectivity index (χ0) is 14.7. The van der Waals surface area contributed by atoms with Crippen molar-refractivity contribution < 1.29 is 9.53 Å². The van der Waals surface area contributed by atoms with Gasteiger partial charge in [0.05, 0.1) is 11.3 Å². The highest BCUT2D eigenvalue weighted by Crippen LogP contribution is 2.26. The molecule has 1 aromatic carbocycles. The predicted octanol–water partition coefficient (Wildman–Crippen LogP) is 2.59. The highest BCUT2D eigenvalue weighted by atomic mass is 16.5. The van der Waals surface area contributed by atoms with E-state index in [0.717, 1.165) is 56.7 Å². The van der Waals surface area contributed by atoms with Crippen LogP contribution < -0.4 is 10.6 Å². The van der Waals surface area contributed by atoms with Crippen molar-refractivity contribution in [2.24, 2.45) is 5.92 Å². The molecule has 1 unspecified atom stereocenters. The van der Waals surface area contributed by atoms with Gasteiger partial charge in [-0.05, 0) is 50.2 Å². The lowest BCUT2D eigenvalue weighted by molar-refractivity contribution is 0.0538. The number of carbonyl (C=O) groups excluding carboxylic acids is 1. The van der Waals surface area contributed by atoms with E-state index in [1.54, 1.807) is 0 Å². The lowest BCUT2D eigenvalue weighted by atomic mass is 9.92. The number of benzene rings is 1. The molecule has 4 nitrogen and oxygen atoms in total. The van der Waals surface area contributed by atoms with E-state index in [2.05, 4.69) is 23.6 Å². The summed E-state index contributed by atoms with van der Waals surface area (Å²) in [6.45, 7) is 4.68.